The number of thiol groups is 1. The van der Waals surface area contributed by atoms with E-state index in [1.807, 2.05) is 0 Å². The molecule has 1 aliphatic carbocycles. The summed E-state index contributed by atoms with van der Waals surface area (Å²) in [7, 11) is 0. The summed E-state index contributed by atoms with van der Waals surface area (Å²) >= 11 is 10.3. The molecule has 2 rings (SSSR count). The van der Waals surface area contributed by atoms with E-state index in [0.717, 1.165) is 23.7 Å². The Morgan fingerprint density at radius 1 is 1.37 bits per heavy atom. The molecule has 4 heteroatoms. The Bertz CT molecular complexity index is 455. The molecule has 0 aliphatic heterocycles. The van der Waals surface area contributed by atoms with Gasteiger partial charge in [0.1, 0.15) is 0 Å². The summed E-state index contributed by atoms with van der Waals surface area (Å²) in [6, 6.07) is 5.51. The van der Waals surface area contributed by atoms with Gasteiger partial charge in [0.25, 0.3) is 5.91 Å². The highest BCUT2D eigenvalue weighted by Crippen LogP contribution is 2.27. The molecule has 1 aromatic carbocycles. The van der Waals surface area contributed by atoms with Crippen LogP contribution in [0, 0.1) is 5.92 Å². The van der Waals surface area contributed by atoms with Crippen LogP contribution in [-0.2, 0) is 0 Å². The number of rotatable bonds is 3. The van der Waals surface area contributed by atoms with E-state index in [9.17, 15) is 4.79 Å². The van der Waals surface area contributed by atoms with E-state index in [1.54, 1.807) is 18.2 Å². The largest absolute Gasteiger partial charge is 0.349 e. The van der Waals surface area contributed by atoms with Gasteiger partial charge in [-0.05, 0) is 49.8 Å². The first-order valence-corrected chi connectivity index (χ1v) is 7.72. The molecule has 104 valence electrons. The molecule has 0 unspecified atom stereocenters. The van der Waals surface area contributed by atoms with Crippen LogP contribution in [0.15, 0.2) is 23.1 Å². The van der Waals surface area contributed by atoms with Crippen molar-refractivity contribution in [2.45, 2.75) is 50.0 Å². The Labute approximate surface area is 125 Å². The topological polar surface area (TPSA) is 29.1 Å². The van der Waals surface area contributed by atoms with E-state index < -0.39 is 0 Å². The van der Waals surface area contributed by atoms with Crippen LogP contribution >= 0.6 is 24.2 Å². The Morgan fingerprint density at radius 2 is 2.05 bits per heavy atom. The number of halogens is 1. The molecule has 0 aromatic heterocycles. The molecule has 0 atom stereocenters. The van der Waals surface area contributed by atoms with E-state index in [0.29, 0.717) is 10.6 Å². The van der Waals surface area contributed by atoms with E-state index in [-0.39, 0.29) is 11.9 Å². The van der Waals surface area contributed by atoms with Gasteiger partial charge in [-0.1, -0.05) is 24.9 Å². The maximum atomic E-state index is 12.2. The van der Waals surface area contributed by atoms with E-state index >= 15 is 0 Å². The van der Waals surface area contributed by atoms with Crippen molar-refractivity contribution in [3.8, 4) is 0 Å². The number of carbonyl (C=O) groups is 1. The molecule has 0 spiro atoms. The number of carbonyl (C=O) groups excluding carboxylic acids is 1. The zero-order chi connectivity index (χ0) is 13.8. The third-order valence-corrected chi connectivity index (χ3v) is 4.56. The summed E-state index contributed by atoms with van der Waals surface area (Å²) in [5.74, 6) is 0.748. The van der Waals surface area contributed by atoms with Crippen molar-refractivity contribution < 1.29 is 4.79 Å². The van der Waals surface area contributed by atoms with Gasteiger partial charge in [-0.15, -0.1) is 12.6 Å². The summed E-state index contributed by atoms with van der Waals surface area (Å²) in [6.45, 7) is 2.24. The fraction of sp³-hybridized carbons (Fsp3) is 0.533. The molecule has 0 radical (unpaired) electrons. The summed E-state index contributed by atoms with van der Waals surface area (Å²) < 4.78 is 0. The number of amides is 1. The van der Waals surface area contributed by atoms with Crippen LogP contribution in [0.3, 0.4) is 0 Å². The second kappa shape index (κ2) is 6.67. The van der Waals surface area contributed by atoms with Gasteiger partial charge < -0.3 is 5.32 Å². The first kappa shape index (κ1) is 14.7. The zero-order valence-corrected chi connectivity index (χ0v) is 12.8. The predicted octanol–water partition coefficient (Wildman–Crippen LogP) is 4.33. The van der Waals surface area contributed by atoms with Crippen LogP contribution in [0.5, 0.6) is 0 Å². The minimum atomic E-state index is -0.0825. The van der Waals surface area contributed by atoms with Crippen LogP contribution in [0.25, 0.3) is 0 Å². The molecule has 0 saturated heterocycles. The third-order valence-electron chi connectivity index (χ3n) is 3.95. The Balaban J connectivity index is 1.96. The maximum absolute atomic E-state index is 12.2. The van der Waals surface area contributed by atoms with Crippen LogP contribution in [-0.4, -0.2) is 11.9 Å². The van der Waals surface area contributed by atoms with Crippen molar-refractivity contribution in [3.63, 3.8) is 0 Å². The summed E-state index contributed by atoms with van der Waals surface area (Å²) in [5.41, 5.74) is 0.520. The zero-order valence-electron chi connectivity index (χ0n) is 11.2. The van der Waals surface area contributed by atoms with Crippen molar-refractivity contribution in [2.75, 3.05) is 0 Å². The Kier molecular flexibility index (Phi) is 5.17. The van der Waals surface area contributed by atoms with Crippen molar-refractivity contribution in [1.29, 1.82) is 0 Å². The average molecular weight is 298 g/mol. The predicted molar refractivity (Wildman–Crippen MR) is 82.2 cm³/mol. The molecule has 1 aliphatic rings. The molecule has 1 fully saturated rings. The van der Waals surface area contributed by atoms with Gasteiger partial charge in [-0.25, -0.2) is 0 Å². The van der Waals surface area contributed by atoms with Crippen LogP contribution in [0.1, 0.15) is 49.4 Å². The SMILES string of the molecule is CCC1CCC(NC(=O)c2cc(S)ccc2Cl)CC1. The number of hydrogen-bond acceptors (Lipinski definition) is 2. The van der Waals surface area contributed by atoms with Gasteiger partial charge in [0.05, 0.1) is 10.6 Å². The summed E-state index contributed by atoms with van der Waals surface area (Å²) in [5, 5.41) is 3.57. The molecule has 0 heterocycles. The third kappa shape index (κ3) is 3.90. The quantitative estimate of drug-likeness (QED) is 0.799. The lowest BCUT2D eigenvalue weighted by Gasteiger charge is -2.28. The van der Waals surface area contributed by atoms with E-state index in [4.69, 9.17) is 11.6 Å². The Hall–Kier alpha value is -0.670. The monoisotopic (exact) mass is 297 g/mol. The smallest absolute Gasteiger partial charge is 0.253 e. The first-order valence-electron chi connectivity index (χ1n) is 6.89. The fourth-order valence-corrected chi connectivity index (χ4v) is 3.07. The molecule has 19 heavy (non-hydrogen) atoms. The molecule has 0 bridgehead atoms. The van der Waals surface area contributed by atoms with E-state index in [2.05, 4.69) is 24.9 Å². The molecule has 1 N–H and O–H groups in total. The first-order chi connectivity index (χ1) is 9.10. The second-order valence-electron chi connectivity index (χ2n) is 5.26. The standard InChI is InChI=1S/C15H20ClNOS/c1-2-10-3-5-11(6-4-10)17-15(18)13-9-12(19)7-8-14(13)16/h7-11,19H,2-6H2,1H3,(H,17,18). The minimum absolute atomic E-state index is 0.0825. The number of nitrogens with one attached hydrogen (secondary N) is 1. The maximum Gasteiger partial charge on any atom is 0.253 e. The highest BCUT2D eigenvalue weighted by molar-refractivity contribution is 7.80. The van der Waals surface area contributed by atoms with Gasteiger partial charge >= 0.3 is 0 Å². The van der Waals surface area contributed by atoms with Gasteiger partial charge in [-0.3, -0.25) is 4.79 Å². The van der Waals surface area contributed by atoms with Crippen LogP contribution < -0.4 is 5.32 Å². The lowest BCUT2D eigenvalue weighted by molar-refractivity contribution is 0.0921. The fourth-order valence-electron chi connectivity index (χ4n) is 2.67. The lowest BCUT2D eigenvalue weighted by atomic mass is 9.84. The van der Waals surface area contributed by atoms with Gasteiger partial charge in [-0.2, -0.15) is 0 Å². The van der Waals surface area contributed by atoms with Gasteiger partial charge in [0.15, 0.2) is 0 Å². The highest BCUT2D eigenvalue weighted by Gasteiger charge is 2.22. The van der Waals surface area contributed by atoms with E-state index in [1.165, 1.54) is 19.3 Å². The number of hydrogen-bond donors (Lipinski definition) is 2. The van der Waals surface area contributed by atoms with Gasteiger partial charge in [0.2, 0.25) is 0 Å². The van der Waals surface area contributed by atoms with Crippen LogP contribution in [0.4, 0.5) is 0 Å². The van der Waals surface area contributed by atoms with Crippen molar-refractivity contribution in [2.24, 2.45) is 5.92 Å². The molecular formula is C15H20ClNOS. The Morgan fingerprint density at radius 3 is 2.68 bits per heavy atom. The molecular weight excluding hydrogens is 278 g/mol. The number of benzene rings is 1. The normalized spacial score (nSPS) is 23.1. The van der Waals surface area contributed by atoms with Crippen molar-refractivity contribution >= 4 is 30.1 Å². The lowest BCUT2D eigenvalue weighted by Crippen LogP contribution is -2.37. The highest BCUT2D eigenvalue weighted by atomic mass is 35.5. The van der Waals surface area contributed by atoms with Crippen molar-refractivity contribution in [3.05, 3.63) is 28.8 Å². The molecule has 2 nitrogen and oxygen atoms in total. The molecule has 1 amide bonds. The molecule has 1 saturated carbocycles. The van der Waals surface area contributed by atoms with Crippen LogP contribution in [0.2, 0.25) is 5.02 Å². The summed E-state index contributed by atoms with van der Waals surface area (Å²) in [4.78, 5) is 13.0. The minimum Gasteiger partial charge on any atom is -0.349 e. The summed E-state index contributed by atoms with van der Waals surface area (Å²) in [6.07, 6.45) is 5.81. The average Bonchev–Trinajstić information content (AvgIpc) is 2.42. The van der Waals surface area contributed by atoms with Gasteiger partial charge in [0, 0.05) is 10.9 Å². The van der Waals surface area contributed by atoms with Crippen molar-refractivity contribution in [1.82, 2.24) is 5.32 Å². The second-order valence-corrected chi connectivity index (χ2v) is 6.19. The molecule has 1 aromatic rings.